The van der Waals surface area contributed by atoms with Gasteiger partial charge in [-0.1, -0.05) is 6.07 Å². The second-order valence-electron chi connectivity index (χ2n) is 9.01. The highest BCUT2D eigenvalue weighted by atomic mass is 32.1. The van der Waals surface area contributed by atoms with E-state index >= 15 is 0 Å². The first kappa shape index (κ1) is 20.5. The van der Waals surface area contributed by atoms with Gasteiger partial charge in [-0.2, -0.15) is 0 Å². The number of hydrogen-bond donors (Lipinski definition) is 1. The zero-order chi connectivity index (χ0) is 21.5. The van der Waals surface area contributed by atoms with Crippen molar-refractivity contribution in [2.24, 2.45) is 5.92 Å². The molecule has 2 atom stereocenters. The normalized spacial score (nSPS) is 24.0. The molecule has 2 unspecified atom stereocenters. The van der Waals surface area contributed by atoms with Crippen LogP contribution in [0.15, 0.2) is 34.4 Å². The third-order valence-corrected chi connectivity index (χ3v) is 7.92. The first-order valence-electron chi connectivity index (χ1n) is 11.1. The van der Waals surface area contributed by atoms with Crippen molar-refractivity contribution in [1.82, 2.24) is 14.4 Å². The lowest BCUT2D eigenvalue weighted by atomic mass is 9.82. The molecule has 5 rings (SSSR count). The van der Waals surface area contributed by atoms with Crippen LogP contribution in [0.2, 0.25) is 0 Å². The standard InChI is InChI=1S/C23H28N4O3S/c1-15(28)25-8-6-18(7-9-25)26-12-16-11-17(14-26)20-5-4-19(23(30)27(20)13-16)24-22(29)21-3-2-10-31-21/h2-5,10,16-18H,6-9,11-14H2,1H3,(H,24,29). The molecule has 3 aliphatic rings. The second-order valence-corrected chi connectivity index (χ2v) is 9.96. The van der Waals surface area contributed by atoms with Crippen LogP contribution in [-0.2, 0) is 11.3 Å². The van der Waals surface area contributed by atoms with Gasteiger partial charge in [0.1, 0.15) is 5.69 Å². The van der Waals surface area contributed by atoms with Crippen molar-refractivity contribution in [1.29, 1.82) is 0 Å². The molecular formula is C23H28N4O3S. The molecule has 2 aromatic heterocycles. The Hall–Kier alpha value is -2.45. The summed E-state index contributed by atoms with van der Waals surface area (Å²) in [5.41, 5.74) is 1.34. The smallest absolute Gasteiger partial charge is 0.274 e. The van der Waals surface area contributed by atoms with Crippen molar-refractivity contribution in [3.63, 3.8) is 0 Å². The van der Waals surface area contributed by atoms with E-state index in [9.17, 15) is 14.4 Å². The number of carbonyl (C=O) groups excluding carboxylic acids is 2. The molecule has 164 valence electrons. The fraction of sp³-hybridized carbons (Fsp3) is 0.522. The highest BCUT2D eigenvalue weighted by molar-refractivity contribution is 7.12. The number of pyridine rings is 1. The van der Waals surface area contributed by atoms with Gasteiger partial charge in [-0.25, -0.2) is 0 Å². The average molecular weight is 441 g/mol. The summed E-state index contributed by atoms with van der Waals surface area (Å²) in [4.78, 5) is 42.3. The molecular weight excluding hydrogens is 412 g/mol. The van der Waals surface area contributed by atoms with Crippen molar-refractivity contribution in [2.45, 2.75) is 44.7 Å². The van der Waals surface area contributed by atoms with E-state index in [0.717, 1.165) is 51.1 Å². The largest absolute Gasteiger partial charge is 0.343 e. The van der Waals surface area contributed by atoms with Crippen LogP contribution in [-0.4, -0.2) is 58.4 Å². The topological polar surface area (TPSA) is 74.7 Å². The van der Waals surface area contributed by atoms with Crippen molar-refractivity contribution < 1.29 is 9.59 Å². The van der Waals surface area contributed by atoms with Gasteiger partial charge in [0.15, 0.2) is 0 Å². The van der Waals surface area contributed by atoms with Crippen LogP contribution in [0.1, 0.15) is 47.5 Å². The van der Waals surface area contributed by atoms with E-state index in [0.29, 0.717) is 35.0 Å². The molecule has 0 spiro atoms. The number of hydrogen-bond acceptors (Lipinski definition) is 5. The Balaban J connectivity index is 1.31. The van der Waals surface area contributed by atoms with Gasteiger partial charge in [-0.05, 0) is 48.8 Å². The molecule has 31 heavy (non-hydrogen) atoms. The predicted octanol–water partition coefficient (Wildman–Crippen LogP) is 2.59. The van der Waals surface area contributed by atoms with Crippen LogP contribution >= 0.6 is 11.3 Å². The van der Waals surface area contributed by atoms with Gasteiger partial charge in [0, 0.05) is 57.3 Å². The fourth-order valence-electron chi connectivity index (χ4n) is 5.51. The minimum absolute atomic E-state index is 0.0969. The summed E-state index contributed by atoms with van der Waals surface area (Å²) in [6.07, 6.45) is 3.17. The molecule has 7 nitrogen and oxygen atoms in total. The van der Waals surface area contributed by atoms with Crippen molar-refractivity contribution in [2.75, 3.05) is 31.5 Å². The summed E-state index contributed by atoms with van der Waals surface area (Å²) in [5.74, 6) is 0.724. The molecule has 2 fully saturated rings. The lowest BCUT2D eigenvalue weighted by molar-refractivity contribution is -0.130. The number of thiophene rings is 1. The number of aromatic nitrogens is 1. The predicted molar refractivity (Wildman–Crippen MR) is 121 cm³/mol. The summed E-state index contributed by atoms with van der Waals surface area (Å²) < 4.78 is 1.89. The third kappa shape index (κ3) is 3.94. The SMILES string of the molecule is CC(=O)N1CCC(N2CC3CC(C2)c2ccc(NC(=O)c4cccs4)c(=O)n2C3)CC1. The van der Waals surface area contributed by atoms with Crippen LogP contribution in [0, 0.1) is 5.92 Å². The maximum atomic E-state index is 13.1. The van der Waals surface area contributed by atoms with E-state index in [1.807, 2.05) is 27.0 Å². The molecule has 2 bridgehead atoms. The number of fused-ring (bicyclic) bond motifs is 4. The van der Waals surface area contributed by atoms with E-state index in [4.69, 9.17) is 0 Å². The van der Waals surface area contributed by atoms with Gasteiger partial charge in [0.2, 0.25) is 5.91 Å². The number of anilines is 1. The van der Waals surface area contributed by atoms with Crippen LogP contribution in [0.3, 0.4) is 0 Å². The van der Waals surface area contributed by atoms with E-state index in [1.165, 1.54) is 11.3 Å². The summed E-state index contributed by atoms with van der Waals surface area (Å²) in [6.45, 7) is 6.00. The minimum atomic E-state index is -0.230. The Kier molecular flexibility index (Phi) is 5.44. The van der Waals surface area contributed by atoms with E-state index in [1.54, 1.807) is 19.1 Å². The number of nitrogens with one attached hydrogen (secondary N) is 1. The zero-order valence-corrected chi connectivity index (χ0v) is 18.6. The van der Waals surface area contributed by atoms with Crippen LogP contribution in [0.25, 0.3) is 0 Å². The molecule has 0 aromatic carbocycles. The molecule has 2 aromatic rings. The van der Waals surface area contributed by atoms with E-state index in [2.05, 4.69) is 10.2 Å². The maximum Gasteiger partial charge on any atom is 0.274 e. The highest BCUT2D eigenvalue weighted by Gasteiger charge is 2.38. The molecule has 1 N–H and O–H groups in total. The molecule has 0 aliphatic carbocycles. The molecule has 0 saturated carbocycles. The van der Waals surface area contributed by atoms with Crippen molar-refractivity contribution in [3.05, 3.63) is 50.6 Å². The van der Waals surface area contributed by atoms with Gasteiger partial charge >= 0.3 is 0 Å². The monoisotopic (exact) mass is 440 g/mol. The number of likely N-dealkylation sites (tertiary alicyclic amines) is 2. The quantitative estimate of drug-likeness (QED) is 0.796. The first-order valence-corrected chi connectivity index (χ1v) is 12.0. The Morgan fingerprint density at radius 2 is 1.90 bits per heavy atom. The Morgan fingerprint density at radius 1 is 1.10 bits per heavy atom. The maximum absolute atomic E-state index is 13.1. The van der Waals surface area contributed by atoms with Gasteiger partial charge < -0.3 is 14.8 Å². The number of rotatable bonds is 3. The fourth-order valence-corrected chi connectivity index (χ4v) is 6.13. The Morgan fingerprint density at radius 3 is 2.61 bits per heavy atom. The number of carbonyl (C=O) groups is 2. The minimum Gasteiger partial charge on any atom is -0.343 e. The average Bonchev–Trinajstić information content (AvgIpc) is 3.31. The zero-order valence-electron chi connectivity index (χ0n) is 17.8. The number of piperidine rings is 2. The van der Waals surface area contributed by atoms with Gasteiger partial charge in [0.05, 0.1) is 4.88 Å². The Bertz CT molecular complexity index is 1040. The van der Waals surface area contributed by atoms with Gasteiger partial charge in [-0.3, -0.25) is 19.3 Å². The van der Waals surface area contributed by atoms with Crippen molar-refractivity contribution >= 4 is 28.8 Å². The summed E-state index contributed by atoms with van der Waals surface area (Å²) in [5, 5.41) is 4.65. The molecule has 2 amide bonds. The van der Waals surface area contributed by atoms with Gasteiger partial charge in [0.25, 0.3) is 11.5 Å². The van der Waals surface area contributed by atoms with Crippen molar-refractivity contribution in [3.8, 4) is 0 Å². The van der Waals surface area contributed by atoms with Crippen LogP contribution in [0.5, 0.6) is 0 Å². The van der Waals surface area contributed by atoms with E-state index < -0.39 is 0 Å². The van der Waals surface area contributed by atoms with E-state index in [-0.39, 0.29) is 17.4 Å². The van der Waals surface area contributed by atoms with Crippen LogP contribution in [0.4, 0.5) is 5.69 Å². The highest BCUT2D eigenvalue weighted by Crippen LogP contribution is 2.37. The molecule has 2 saturated heterocycles. The lowest BCUT2D eigenvalue weighted by Crippen LogP contribution is -2.53. The summed E-state index contributed by atoms with van der Waals surface area (Å²) >= 11 is 1.37. The summed E-state index contributed by atoms with van der Waals surface area (Å²) in [7, 11) is 0. The second kappa shape index (κ2) is 8.24. The molecule has 5 heterocycles. The first-order chi connectivity index (χ1) is 15.0. The van der Waals surface area contributed by atoms with Gasteiger partial charge in [-0.15, -0.1) is 11.3 Å². The number of nitrogens with zero attached hydrogens (tertiary/aromatic N) is 3. The third-order valence-electron chi connectivity index (χ3n) is 7.05. The lowest BCUT2D eigenvalue weighted by Gasteiger charge is -2.47. The Labute approximate surface area is 185 Å². The molecule has 0 radical (unpaired) electrons. The van der Waals surface area contributed by atoms with Crippen LogP contribution < -0.4 is 10.9 Å². The molecule has 3 aliphatic heterocycles. The number of amides is 2. The summed E-state index contributed by atoms with van der Waals surface area (Å²) in [6, 6.07) is 7.90. The molecule has 8 heteroatoms.